The van der Waals surface area contributed by atoms with Gasteiger partial charge in [0.25, 0.3) is 0 Å². The average Bonchev–Trinajstić information content (AvgIpc) is 3.08. The quantitative estimate of drug-likeness (QED) is 0.552. The van der Waals surface area contributed by atoms with Gasteiger partial charge in [-0.05, 0) is 35.9 Å². The molecule has 2 heterocycles. The number of aromatic nitrogens is 3. The SMILES string of the molecule is COc1cccc(Oc2ncnc3[nH]c(-c4ccc(N)cc4)cc23)c1. The monoisotopic (exact) mass is 332 g/mol. The molecule has 0 unspecified atom stereocenters. The van der Waals surface area contributed by atoms with Gasteiger partial charge in [0.2, 0.25) is 5.88 Å². The smallest absolute Gasteiger partial charge is 0.231 e. The molecule has 0 saturated heterocycles. The Balaban J connectivity index is 1.73. The van der Waals surface area contributed by atoms with Crippen molar-refractivity contribution in [2.45, 2.75) is 0 Å². The van der Waals surface area contributed by atoms with E-state index in [9.17, 15) is 0 Å². The van der Waals surface area contributed by atoms with Crippen LogP contribution in [0.2, 0.25) is 0 Å². The van der Waals surface area contributed by atoms with Gasteiger partial charge in [-0.25, -0.2) is 9.97 Å². The third kappa shape index (κ3) is 2.97. The van der Waals surface area contributed by atoms with Gasteiger partial charge in [0, 0.05) is 17.4 Å². The highest BCUT2D eigenvalue weighted by molar-refractivity contribution is 5.87. The lowest BCUT2D eigenvalue weighted by Crippen LogP contribution is -1.90. The number of anilines is 1. The van der Waals surface area contributed by atoms with Gasteiger partial charge in [0.05, 0.1) is 12.5 Å². The number of fused-ring (bicyclic) bond motifs is 1. The Bertz CT molecular complexity index is 1030. The van der Waals surface area contributed by atoms with Crippen LogP contribution in [-0.4, -0.2) is 22.1 Å². The second-order valence-electron chi connectivity index (χ2n) is 5.53. The van der Waals surface area contributed by atoms with E-state index in [1.165, 1.54) is 6.33 Å². The molecule has 0 amide bonds. The van der Waals surface area contributed by atoms with Crippen molar-refractivity contribution in [2.24, 2.45) is 0 Å². The van der Waals surface area contributed by atoms with Crippen molar-refractivity contribution in [3.63, 3.8) is 0 Å². The van der Waals surface area contributed by atoms with Crippen LogP contribution in [0.5, 0.6) is 17.4 Å². The third-order valence-corrected chi connectivity index (χ3v) is 3.87. The Morgan fingerprint density at radius 1 is 0.960 bits per heavy atom. The summed E-state index contributed by atoms with van der Waals surface area (Å²) in [5.41, 5.74) is 9.12. The van der Waals surface area contributed by atoms with Crippen LogP contribution in [0.3, 0.4) is 0 Å². The minimum atomic E-state index is 0.483. The Hall–Kier alpha value is -3.54. The fraction of sp³-hybridized carbons (Fsp3) is 0.0526. The Labute approximate surface area is 144 Å². The van der Waals surface area contributed by atoms with E-state index in [2.05, 4.69) is 15.0 Å². The molecule has 0 bridgehead atoms. The number of benzene rings is 2. The van der Waals surface area contributed by atoms with Crippen LogP contribution in [0.15, 0.2) is 60.9 Å². The predicted octanol–water partition coefficient (Wildman–Crippen LogP) is 4.01. The molecule has 0 atom stereocenters. The molecule has 3 N–H and O–H groups in total. The first-order chi connectivity index (χ1) is 12.2. The lowest BCUT2D eigenvalue weighted by Gasteiger charge is -2.06. The zero-order chi connectivity index (χ0) is 17.2. The van der Waals surface area contributed by atoms with E-state index in [1.807, 2.05) is 54.6 Å². The maximum Gasteiger partial charge on any atom is 0.231 e. The van der Waals surface area contributed by atoms with Crippen molar-refractivity contribution in [1.82, 2.24) is 15.0 Å². The number of nitrogens with two attached hydrogens (primary N) is 1. The Kier molecular flexibility index (Phi) is 3.70. The van der Waals surface area contributed by atoms with E-state index in [1.54, 1.807) is 7.11 Å². The van der Waals surface area contributed by atoms with E-state index in [-0.39, 0.29) is 0 Å². The number of nitrogen functional groups attached to an aromatic ring is 1. The van der Waals surface area contributed by atoms with Gasteiger partial charge in [-0.15, -0.1) is 0 Å². The molecule has 2 aromatic heterocycles. The molecule has 0 radical (unpaired) electrons. The summed E-state index contributed by atoms with van der Waals surface area (Å²) >= 11 is 0. The minimum absolute atomic E-state index is 0.483. The number of rotatable bonds is 4. The van der Waals surface area contributed by atoms with Crippen LogP contribution in [-0.2, 0) is 0 Å². The number of methoxy groups -OCH3 is 1. The number of H-pyrrole nitrogens is 1. The summed E-state index contributed by atoms with van der Waals surface area (Å²) in [6.07, 6.45) is 1.47. The second-order valence-corrected chi connectivity index (χ2v) is 5.53. The summed E-state index contributed by atoms with van der Waals surface area (Å²) in [7, 11) is 1.62. The molecule has 0 fully saturated rings. The summed E-state index contributed by atoms with van der Waals surface area (Å²) in [5, 5.41) is 0.803. The molecule has 6 heteroatoms. The maximum absolute atomic E-state index is 5.93. The summed E-state index contributed by atoms with van der Waals surface area (Å²) in [4.78, 5) is 11.8. The molecule has 0 spiro atoms. The Morgan fingerprint density at radius 3 is 2.56 bits per heavy atom. The standard InChI is InChI=1S/C19H16N4O2/c1-24-14-3-2-4-15(9-14)25-19-16-10-17(23-18(16)21-11-22-19)12-5-7-13(20)8-6-12/h2-11H,20H2,1H3,(H,21,22,23). The zero-order valence-electron chi connectivity index (χ0n) is 13.6. The highest BCUT2D eigenvalue weighted by Crippen LogP contribution is 2.31. The summed E-state index contributed by atoms with van der Waals surface area (Å²) in [5.74, 6) is 1.85. The fourth-order valence-corrected chi connectivity index (χ4v) is 2.59. The lowest BCUT2D eigenvalue weighted by molar-refractivity contribution is 0.408. The largest absolute Gasteiger partial charge is 0.497 e. The number of ether oxygens (including phenoxy) is 2. The third-order valence-electron chi connectivity index (χ3n) is 3.87. The van der Waals surface area contributed by atoms with Crippen molar-refractivity contribution >= 4 is 16.7 Å². The molecular formula is C19H16N4O2. The molecule has 4 aromatic rings. The predicted molar refractivity (Wildman–Crippen MR) is 96.8 cm³/mol. The topological polar surface area (TPSA) is 86.0 Å². The van der Waals surface area contributed by atoms with Gasteiger partial charge < -0.3 is 20.2 Å². The normalized spacial score (nSPS) is 10.8. The van der Waals surface area contributed by atoms with Crippen LogP contribution < -0.4 is 15.2 Å². The number of hydrogen-bond donors (Lipinski definition) is 2. The van der Waals surface area contributed by atoms with Crippen LogP contribution >= 0.6 is 0 Å². The molecule has 0 aliphatic rings. The van der Waals surface area contributed by atoms with Crippen molar-refractivity contribution in [3.05, 3.63) is 60.9 Å². The highest BCUT2D eigenvalue weighted by atomic mass is 16.5. The van der Waals surface area contributed by atoms with E-state index in [0.29, 0.717) is 17.3 Å². The minimum Gasteiger partial charge on any atom is -0.497 e. The van der Waals surface area contributed by atoms with Gasteiger partial charge in [0.15, 0.2) is 0 Å². The van der Waals surface area contributed by atoms with Crippen molar-refractivity contribution in [1.29, 1.82) is 0 Å². The van der Waals surface area contributed by atoms with Crippen LogP contribution in [0.25, 0.3) is 22.3 Å². The van der Waals surface area contributed by atoms with E-state index in [4.69, 9.17) is 15.2 Å². The van der Waals surface area contributed by atoms with Crippen molar-refractivity contribution in [3.8, 4) is 28.6 Å². The number of nitrogens with zero attached hydrogens (tertiary/aromatic N) is 2. The van der Waals surface area contributed by atoms with E-state index < -0.39 is 0 Å². The molecule has 0 saturated carbocycles. The number of aromatic amines is 1. The second kappa shape index (κ2) is 6.16. The summed E-state index contributed by atoms with van der Waals surface area (Å²) in [6.45, 7) is 0. The molecule has 25 heavy (non-hydrogen) atoms. The Morgan fingerprint density at radius 2 is 1.76 bits per heavy atom. The molecule has 2 aromatic carbocycles. The lowest BCUT2D eigenvalue weighted by atomic mass is 10.1. The molecule has 0 aliphatic carbocycles. The van der Waals surface area contributed by atoms with E-state index >= 15 is 0 Å². The van der Waals surface area contributed by atoms with Crippen molar-refractivity contribution < 1.29 is 9.47 Å². The van der Waals surface area contributed by atoms with Gasteiger partial charge in [0.1, 0.15) is 23.5 Å². The first-order valence-corrected chi connectivity index (χ1v) is 7.74. The van der Waals surface area contributed by atoms with Crippen LogP contribution in [0, 0.1) is 0 Å². The summed E-state index contributed by atoms with van der Waals surface area (Å²) in [6, 6.07) is 17.0. The molecule has 124 valence electrons. The van der Waals surface area contributed by atoms with Crippen LogP contribution in [0.4, 0.5) is 5.69 Å². The molecular weight excluding hydrogens is 316 g/mol. The van der Waals surface area contributed by atoms with E-state index in [0.717, 1.165) is 28.1 Å². The fourth-order valence-electron chi connectivity index (χ4n) is 2.59. The van der Waals surface area contributed by atoms with Crippen molar-refractivity contribution in [2.75, 3.05) is 12.8 Å². The van der Waals surface area contributed by atoms with Gasteiger partial charge in [-0.1, -0.05) is 18.2 Å². The number of hydrogen-bond acceptors (Lipinski definition) is 5. The summed E-state index contributed by atoms with van der Waals surface area (Å²) < 4.78 is 11.2. The van der Waals surface area contributed by atoms with Gasteiger partial charge in [-0.2, -0.15) is 0 Å². The van der Waals surface area contributed by atoms with Crippen LogP contribution in [0.1, 0.15) is 0 Å². The molecule has 6 nitrogen and oxygen atoms in total. The number of nitrogens with one attached hydrogen (secondary N) is 1. The molecule has 0 aliphatic heterocycles. The maximum atomic E-state index is 5.93. The zero-order valence-corrected chi connectivity index (χ0v) is 13.6. The van der Waals surface area contributed by atoms with Gasteiger partial charge in [-0.3, -0.25) is 0 Å². The highest BCUT2D eigenvalue weighted by Gasteiger charge is 2.11. The first kappa shape index (κ1) is 15.0. The van der Waals surface area contributed by atoms with Gasteiger partial charge >= 0.3 is 0 Å². The first-order valence-electron chi connectivity index (χ1n) is 7.74. The molecule has 4 rings (SSSR count). The average molecular weight is 332 g/mol.